The van der Waals surface area contributed by atoms with Crippen LogP contribution >= 0.6 is 0 Å². The smallest absolute Gasteiger partial charge is 0.261 e. The molecule has 2 aromatic rings. The van der Waals surface area contributed by atoms with E-state index in [0.29, 0.717) is 17.2 Å². The number of rotatable bonds is 9. The predicted octanol–water partition coefficient (Wildman–Crippen LogP) is 3.75. The van der Waals surface area contributed by atoms with E-state index in [9.17, 15) is 4.79 Å². The van der Waals surface area contributed by atoms with Gasteiger partial charge in [0.05, 0.1) is 27.4 Å². The van der Waals surface area contributed by atoms with Crippen molar-refractivity contribution in [2.24, 2.45) is 0 Å². The summed E-state index contributed by atoms with van der Waals surface area (Å²) in [5, 5.41) is 3.03. The van der Waals surface area contributed by atoms with Gasteiger partial charge >= 0.3 is 0 Å². The van der Waals surface area contributed by atoms with Gasteiger partial charge in [-0.25, -0.2) is 0 Å². The standard InChI is InChI=1S/C21H27NO5/c1-6-18(15-7-12-19(25-4)20(13-15)26-5)22-21(23)14(2)27-17-10-8-16(24-3)9-11-17/h7-14,18H,6H2,1-5H3,(H,22,23). The second-order valence-electron chi connectivity index (χ2n) is 6.02. The number of benzene rings is 2. The van der Waals surface area contributed by atoms with Crippen LogP contribution in [0.3, 0.4) is 0 Å². The van der Waals surface area contributed by atoms with Crippen molar-refractivity contribution in [3.8, 4) is 23.0 Å². The minimum absolute atomic E-state index is 0.153. The van der Waals surface area contributed by atoms with Gasteiger partial charge in [-0.1, -0.05) is 13.0 Å². The highest BCUT2D eigenvalue weighted by Crippen LogP contribution is 2.31. The van der Waals surface area contributed by atoms with Crippen molar-refractivity contribution in [3.63, 3.8) is 0 Å². The van der Waals surface area contributed by atoms with Crippen LogP contribution in [0.15, 0.2) is 42.5 Å². The zero-order chi connectivity index (χ0) is 19.8. The fraction of sp³-hybridized carbons (Fsp3) is 0.381. The molecular weight excluding hydrogens is 346 g/mol. The largest absolute Gasteiger partial charge is 0.497 e. The van der Waals surface area contributed by atoms with Crippen LogP contribution in [0.25, 0.3) is 0 Å². The van der Waals surface area contributed by atoms with Gasteiger partial charge in [0.2, 0.25) is 0 Å². The highest BCUT2D eigenvalue weighted by atomic mass is 16.5. The van der Waals surface area contributed by atoms with Gasteiger partial charge in [-0.3, -0.25) is 4.79 Å². The summed E-state index contributed by atoms with van der Waals surface area (Å²) < 4.78 is 21.5. The fourth-order valence-electron chi connectivity index (χ4n) is 2.69. The van der Waals surface area contributed by atoms with E-state index in [4.69, 9.17) is 18.9 Å². The molecule has 2 atom stereocenters. The van der Waals surface area contributed by atoms with Crippen LogP contribution < -0.4 is 24.3 Å². The van der Waals surface area contributed by atoms with Crippen molar-refractivity contribution >= 4 is 5.91 Å². The Morgan fingerprint density at radius 3 is 2.11 bits per heavy atom. The zero-order valence-corrected chi connectivity index (χ0v) is 16.4. The Morgan fingerprint density at radius 2 is 1.56 bits per heavy atom. The number of amides is 1. The Morgan fingerprint density at radius 1 is 0.926 bits per heavy atom. The molecule has 0 heterocycles. The number of carbonyl (C=O) groups is 1. The van der Waals surface area contributed by atoms with Gasteiger partial charge in [0.25, 0.3) is 5.91 Å². The Hall–Kier alpha value is -2.89. The maximum atomic E-state index is 12.6. The van der Waals surface area contributed by atoms with E-state index >= 15 is 0 Å². The highest BCUT2D eigenvalue weighted by Gasteiger charge is 2.20. The monoisotopic (exact) mass is 373 g/mol. The Labute approximate surface area is 160 Å². The van der Waals surface area contributed by atoms with Crippen molar-refractivity contribution in [2.75, 3.05) is 21.3 Å². The lowest BCUT2D eigenvalue weighted by Crippen LogP contribution is -2.38. The normalized spacial score (nSPS) is 12.6. The molecule has 0 radical (unpaired) electrons. The molecule has 1 amide bonds. The van der Waals surface area contributed by atoms with Gasteiger partial charge in [-0.05, 0) is 55.3 Å². The minimum Gasteiger partial charge on any atom is -0.497 e. The molecule has 0 aliphatic heterocycles. The number of hydrogen-bond acceptors (Lipinski definition) is 5. The molecule has 0 aromatic heterocycles. The van der Waals surface area contributed by atoms with Gasteiger partial charge in [0.1, 0.15) is 11.5 Å². The molecule has 6 nitrogen and oxygen atoms in total. The second-order valence-corrected chi connectivity index (χ2v) is 6.02. The Balaban J connectivity index is 2.04. The molecular formula is C21H27NO5. The molecule has 0 fully saturated rings. The number of ether oxygens (including phenoxy) is 4. The van der Waals surface area contributed by atoms with E-state index in [0.717, 1.165) is 17.7 Å². The number of nitrogens with one attached hydrogen (secondary N) is 1. The van der Waals surface area contributed by atoms with Crippen molar-refractivity contribution in [3.05, 3.63) is 48.0 Å². The molecule has 0 saturated carbocycles. The maximum Gasteiger partial charge on any atom is 0.261 e. The van der Waals surface area contributed by atoms with Crippen LogP contribution in [0.5, 0.6) is 23.0 Å². The summed E-state index contributed by atoms with van der Waals surface area (Å²) in [6.07, 6.45) is 0.101. The van der Waals surface area contributed by atoms with Crippen LogP contribution in [0.2, 0.25) is 0 Å². The van der Waals surface area contributed by atoms with Gasteiger partial charge in [-0.2, -0.15) is 0 Å². The van der Waals surface area contributed by atoms with Gasteiger partial charge < -0.3 is 24.3 Å². The third-order valence-electron chi connectivity index (χ3n) is 4.28. The molecule has 0 aliphatic rings. The molecule has 0 spiro atoms. The number of hydrogen-bond donors (Lipinski definition) is 1. The Kier molecular flexibility index (Phi) is 7.34. The summed E-state index contributed by atoms with van der Waals surface area (Å²) in [6.45, 7) is 3.73. The summed E-state index contributed by atoms with van der Waals surface area (Å²) in [7, 11) is 4.78. The van der Waals surface area contributed by atoms with Crippen molar-refractivity contribution < 1.29 is 23.7 Å². The average Bonchev–Trinajstić information content (AvgIpc) is 2.71. The SMILES string of the molecule is CCC(NC(=O)C(C)Oc1ccc(OC)cc1)c1ccc(OC)c(OC)c1. The third-order valence-corrected chi connectivity index (χ3v) is 4.28. The topological polar surface area (TPSA) is 66.0 Å². The molecule has 2 rings (SSSR count). The molecule has 2 unspecified atom stereocenters. The van der Waals surface area contributed by atoms with E-state index in [-0.39, 0.29) is 11.9 Å². The first-order chi connectivity index (χ1) is 13.0. The first kappa shape index (κ1) is 20.4. The third kappa shape index (κ3) is 5.29. The minimum atomic E-state index is -0.632. The van der Waals surface area contributed by atoms with Crippen molar-refractivity contribution in [1.82, 2.24) is 5.32 Å². The van der Waals surface area contributed by atoms with E-state index in [1.165, 1.54) is 0 Å². The molecule has 2 aromatic carbocycles. The van der Waals surface area contributed by atoms with Crippen LogP contribution in [0.4, 0.5) is 0 Å². The fourth-order valence-corrected chi connectivity index (χ4v) is 2.69. The van der Waals surface area contributed by atoms with E-state index < -0.39 is 6.10 Å². The van der Waals surface area contributed by atoms with Crippen molar-refractivity contribution in [1.29, 1.82) is 0 Å². The summed E-state index contributed by atoms with van der Waals surface area (Å²) >= 11 is 0. The van der Waals surface area contributed by atoms with Crippen LogP contribution in [-0.4, -0.2) is 33.3 Å². The summed E-state index contributed by atoms with van der Waals surface area (Å²) in [6, 6.07) is 12.6. The van der Waals surface area contributed by atoms with E-state index in [1.54, 1.807) is 52.5 Å². The summed E-state index contributed by atoms with van der Waals surface area (Å²) in [5.41, 5.74) is 0.945. The lowest BCUT2D eigenvalue weighted by atomic mass is 10.0. The number of carbonyl (C=O) groups excluding carboxylic acids is 1. The highest BCUT2D eigenvalue weighted by molar-refractivity contribution is 5.81. The van der Waals surface area contributed by atoms with Crippen molar-refractivity contribution in [2.45, 2.75) is 32.4 Å². The first-order valence-corrected chi connectivity index (χ1v) is 8.85. The predicted molar refractivity (Wildman–Crippen MR) is 104 cm³/mol. The molecule has 0 aliphatic carbocycles. The first-order valence-electron chi connectivity index (χ1n) is 8.85. The van der Waals surface area contributed by atoms with Crippen LogP contribution in [0, 0.1) is 0 Å². The molecule has 0 saturated heterocycles. The summed E-state index contributed by atoms with van der Waals surface area (Å²) in [4.78, 5) is 12.6. The molecule has 27 heavy (non-hydrogen) atoms. The Bertz CT molecular complexity index is 745. The van der Waals surface area contributed by atoms with Crippen LogP contribution in [-0.2, 0) is 4.79 Å². The van der Waals surface area contributed by atoms with Gasteiger partial charge in [0.15, 0.2) is 17.6 Å². The van der Waals surface area contributed by atoms with Gasteiger partial charge in [0, 0.05) is 0 Å². The lowest BCUT2D eigenvalue weighted by Gasteiger charge is -2.22. The van der Waals surface area contributed by atoms with E-state index in [1.807, 2.05) is 25.1 Å². The molecule has 146 valence electrons. The molecule has 0 bridgehead atoms. The van der Waals surface area contributed by atoms with Crippen LogP contribution in [0.1, 0.15) is 31.9 Å². The lowest BCUT2D eigenvalue weighted by molar-refractivity contribution is -0.128. The maximum absolute atomic E-state index is 12.6. The van der Waals surface area contributed by atoms with E-state index in [2.05, 4.69) is 5.32 Å². The second kappa shape index (κ2) is 9.71. The zero-order valence-electron chi connectivity index (χ0n) is 16.4. The molecule has 6 heteroatoms. The summed E-state index contributed by atoms with van der Waals surface area (Å²) in [5.74, 6) is 2.44. The quantitative estimate of drug-likeness (QED) is 0.725. The molecule has 1 N–H and O–H groups in total. The number of methoxy groups -OCH3 is 3. The van der Waals surface area contributed by atoms with Gasteiger partial charge in [-0.15, -0.1) is 0 Å². The average molecular weight is 373 g/mol.